The van der Waals surface area contributed by atoms with Crippen molar-refractivity contribution in [1.82, 2.24) is 5.32 Å². The first kappa shape index (κ1) is 15.1. The number of amides is 1. The smallest absolute Gasteiger partial charge is 0.207 e. The Morgan fingerprint density at radius 1 is 1.19 bits per heavy atom. The molecule has 0 aliphatic rings. The fourth-order valence-electron chi connectivity index (χ4n) is 2.39. The monoisotopic (exact) mass is 283 g/mol. The Morgan fingerprint density at radius 2 is 2.10 bits per heavy atom. The van der Waals surface area contributed by atoms with E-state index in [4.69, 9.17) is 4.74 Å². The molecule has 21 heavy (non-hydrogen) atoms. The van der Waals surface area contributed by atoms with Crippen LogP contribution < -0.4 is 10.1 Å². The zero-order valence-corrected chi connectivity index (χ0v) is 12.3. The number of ether oxygens (including phenoxy) is 1. The molecular weight excluding hydrogens is 262 g/mol. The predicted octanol–water partition coefficient (Wildman–Crippen LogP) is 3.47. The van der Waals surface area contributed by atoms with Crippen molar-refractivity contribution in [3.05, 3.63) is 54.1 Å². The Kier molecular flexibility index (Phi) is 5.83. The first-order chi connectivity index (χ1) is 10.3. The second-order valence-corrected chi connectivity index (χ2v) is 4.89. The average molecular weight is 283 g/mol. The number of hydrogen-bond donors (Lipinski definition) is 1. The molecule has 2 rings (SSSR count). The molecule has 0 atom stereocenters. The molecule has 0 aliphatic carbocycles. The van der Waals surface area contributed by atoms with Gasteiger partial charge >= 0.3 is 0 Å². The van der Waals surface area contributed by atoms with Gasteiger partial charge < -0.3 is 10.1 Å². The van der Waals surface area contributed by atoms with E-state index >= 15 is 0 Å². The van der Waals surface area contributed by atoms with Crippen molar-refractivity contribution < 1.29 is 9.53 Å². The topological polar surface area (TPSA) is 38.3 Å². The van der Waals surface area contributed by atoms with E-state index < -0.39 is 0 Å². The van der Waals surface area contributed by atoms with Crippen LogP contribution in [0.5, 0.6) is 5.75 Å². The minimum Gasteiger partial charge on any atom is -0.497 e. The maximum atomic E-state index is 10.1. The highest BCUT2D eigenvalue weighted by Crippen LogP contribution is 2.25. The number of rotatable bonds is 8. The zero-order chi connectivity index (χ0) is 14.9. The third-order valence-electron chi connectivity index (χ3n) is 3.48. The fourth-order valence-corrected chi connectivity index (χ4v) is 2.39. The largest absolute Gasteiger partial charge is 0.497 e. The van der Waals surface area contributed by atoms with Crippen LogP contribution in [-0.4, -0.2) is 20.1 Å². The molecule has 2 aromatic carbocycles. The highest BCUT2D eigenvalue weighted by molar-refractivity contribution is 5.87. The zero-order valence-electron chi connectivity index (χ0n) is 12.3. The summed E-state index contributed by atoms with van der Waals surface area (Å²) in [6.07, 6.45) is 7.96. The lowest BCUT2D eigenvalue weighted by Crippen LogP contribution is -2.09. The van der Waals surface area contributed by atoms with Crippen molar-refractivity contribution >= 4 is 17.2 Å². The van der Waals surface area contributed by atoms with Crippen LogP contribution >= 0.6 is 0 Å². The van der Waals surface area contributed by atoms with Gasteiger partial charge in [-0.1, -0.05) is 36.4 Å². The quantitative estimate of drug-likeness (QED) is 0.457. The summed E-state index contributed by atoms with van der Waals surface area (Å²) in [5.74, 6) is 0.898. The fraction of sp³-hybridized carbons (Fsp3) is 0.278. The number of methoxy groups -OCH3 is 1. The highest BCUT2D eigenvalue weighted by Gasteiger charge is 2.02. The lowest BCUT2D eigenvalue weighted by Gasteiger charge is -2.08. The molecule has 1 amide bonds. The normalized spacial score (nSPS) is 10.9. The van der Waals surface area contributed by atoms with Crippen LogP contribution in [0.25, 0.3) is 10.8 Å². The third-order valence-corrected chi connectivity index (χ3v) is 3.48. The number of carbonyl (C=O) groups excluding carboxylic acids is 1. The molecule has 110 valence electrons. The second kappa shape index (κ2) is 8.10. The molecule has 0 saturated heterocycles. The summed E-state index contributed by atoms with van der Waals surface area (Å²) in [5, 5.41) is 5.13. The summed E-state index contributed by atoms with van der Waals surface area (Å²) in [7, 11) is 1.70. The van der Waals surface area contributed by atoms with Crippen LogP contribution in [-0.2, 0) is 11.2 Å². The van der Waals surface area contributed by atoms with Gasteiger partial charge in [-0.15, -0.1) is 0 Å². The summed E-state index contributed by atoms with van der Waals surface area (Å²) in [6, 6.07) is 12.6. The molecule has 0 aromatic heterocycles. The number of aryl methyl sites for hydroxylation is 1. The summed E-state index contributed by atoms with van der Waals surface area (Å²) >= 11 is 0. The van der Waals surface area contributed by atoms with Crippen molar-refractivity contribution in [3.63, 3.8) is 0 Å². The average Bonchev–Trinajstić information content (AvgIpc) is 2.53. The molecule has 2 aromatic rings. The molecule has 0 radical (unpaired) electrons. The van der Waals surface area contributed by atoms with Gasteiger partial charge in [0.25, 0.3) is 0 Å². The number of carbonyl (C=O) groups is 1. The Labute approximate surface area is 125 Å². The Hall–Kier alpha value is -2.29. The first-order valence-electron chi connectivity index (χ1n) is 7.23. The third kappa shape index (κ3) is 4.35. The van der Waals surface area contributed by atoms with Crippen molar-refractivity contribution in [3.8, 4) is 5.75 Å². The number of benzene rings is 2. The van der Waals surface area contributed by atoms with E-state index in [1.54, 1.807) is 7.11 Å². The molecule has 0 heterocycles. The maximum Gasteiger partial charge on any atom is 0.207 e. The van der Waals surface area contributed by atoms with Gasteiger partial charge in [-0.05, 0) is 47.7 Å². The molecule has 0 saturated carbocycles. The van der Waals surface area contributed by atoms with Gasteiger partial charge in [-0.3, -0.25) is 4.79 Å². The van der Waals surface area contributed by atoms with E-state index in [0.717, 1.165) is 25.0 Å². The number of allylic oxidation sites excluding steroid dienone is 1. The van der Waals surface area contributed by atoms with Gasteiger partial charge in [0.15, 0.2) is 0 Å². The molecule has 3 nitrogen and oxygen atoms in total. The van der Waals surface area contributed by atoms with Gasteiger partial charge in [0, 0.05) is 6.54 Å². The molecular formula is C18H21NO2. The lowest BCUT2D eigenvalue weighted by atomic mass is 10.00. The highest BCUT2D eigenvalue weighted by atomic mass is 16.5. The molecule has 0 unspecified atom stereocenters. The van der Waals surface area contributed by atoms with Crippen LogP contribution in [0.4, 0.5) is 0 Å². The van der Waals surface area contributed by atoms with E-state index in [1.807, 2.05) is 12.1 Å². The van der Waals surface area contributed by atoms with E-state index in [9.17, 15) is 4.79 Å². The van der Waals surface area contributed by atoms with Crippen LogP contribution in [0.1, 0.15) is 18.4 Å². The van der Waals surface area contributed by atoms with E-state index in [-0.39, 0.29) is 0 Å². The lowest BCUT2D eigenvalue weighted by molar-refractivity contribution is -0.109. The molecule has 0 aliphatic heterocycles. The van der Waals surface area contributed by atoms with Crippen LogP contribution in [0.15, 0.2) is 48.6 Å². The summed E-state index contributed by atoms with van der Waals surface area (Å²) < 4.78 is 5.31. The Balaban J connectivity index is 1.98. The number of nitrogens with one attached hydrogen (secondary N) is 1. The van der Waals surface area contributed by atoms with E-state index in [1.165, 1.54) is 16.3 Å². The summed E-state index contributed by atoms with van der Waals surface area (Å²) in [5.41, 5.74) is 1.35. The van der Waals surface area contributed by atoms with Gasteiger partial charge in [-0.2, -0.15) is 0 Å². The molecule has 0 fully saturated rings. The Morgan fingerprint density at radius 3 is 2.90 bits per heavy atom. The van der Waals surface area contributed by atoms with Crippen LogP contribution in [0.2, 0.25) is 0 Å². The number of unbranched alkanes of at least 4 members (excludes halogenated alkanes) is 1. The van der Waals surface area contributed by atoms with Gasteiger partial charge in [0.2, 0.25) is 6.41 Å². The number of hydrogen-bond acceptors (Lipinski definition) is 2. The van der Waals surface area contributed by atoms with Crippen molar-refractivity contribution in [2.45, 2.75) is 19.3 Å². The molecule has 1 N–H and O–H groups in total. The van der Waals surface area contributed by atoms with Gasteiger partial charge in [-0.25, -0.2) is 0 Å². The predicted molar refractivity (Wildman–Crippen MR) is 86.6 cm³/mol. The second-order valence-electron chi connectivity index (χ2n) is 4.89. The standard InChI is InChI=1S/C18H21NO2/c1-21-17-11-10-16-9-6-8-15(18(16)13-17)7-4-2-3-5-12-19-14-20/h3,5-6,8-11,13-14H,2,4,7,12H2,1H3,(H,19,20). The summed E-state index contributed by atoms with van der Waals surface area (Å²) in [4.78, 5) is 10.1. The van der Waals surface area contributed by atoms with Crippen molar-refractivity contribution in [2.75, 3.05) is 13.7 Å². The SMILES string of the molecule is COc1ccc2cccc(CCCC=CCNC=O)c2c1. The number of fused-ring (bicyclic) bond motifs is 1. The summed E-state index contributed by atoms with van der Waals surface area (Å²) in [6.45, 7) is 0.606. The molecule has 3 heteroatoms. The van der Waals surface area contributed by atoms with E-state index in [0.29, 0.717) is 13.0 Å². The minimum atomic E-state index is 0.606. The molecule has 0 bridgehead atoms. The Bertz CT molecular complexity index is 620. The maximum absolute atomic E-state index is 10.1. The van der Waals surface area contributed by atoms with Crippen molar-refractivity contribution in [1.29, 1.82) is 0 Å². The molecule has 0 spiro atoms. The van der Waals surface area contributed by atoms with Crippen LogP contribution in [0, 0.1) is 0 Å². The first-order valence-corrected chi connectivity index (χ1v) is 7.23. The minimum absolute atomic E-state index is 0.606. The van der Waals surface area contributed by atoms with Gasteiger partial charge in [0.05, 0.1) is 7.11 Å². The van der Waals surface area contributed by atoms with Crippen molar-refractivity contribution in [2.24, 2.45) is 0 Å². The van der Waals surface area contributed by atoms with Gasteiger partial charge in [0.1, 0.15) is 5.75 Å². The van der Waals surface area contributed by atoms with E-state index in [2.05, 4.69) is 41.7 Å². The van der Waals surface area contributed by atoms with Crippen LogP contribution in [0.3, 0.4) is 0 Å².